The molecule has 2 aliphatic rings. The first kappa shape index (κ1) is 26.7. The van der Waals surface area contributed by atoms with Crippen LogP contribution in [0.2, 0.25) is 0 Å². The van der Waals surface area contributed by atoms with Gasteiger partial charge in [-0.25, -0.2) is 4.39 Å². The molecule has 1 aliphatic carbocycles. The van der Waals surface area contributed by atoms with Crippen molar-refractivity contribution in [2.75, 3.05) is 4.90 Å². The van der Waals surface area contributed by atoms with Gasteiger partial charge in [0.1, 0.15) is 18.2 Å². The molecule has 1 amide bonds. The Labute approximate surface area is 215 Å². The van der Waals surface area contributed by atoms with E-state index in [4.69, 9.17) is 4.74 Å². The number of rotatable bonds is 5. The van der Waals surface area contributed by atoms with Gasteiger partial charge in [-0.1, -0.05) is 45.6 Å². The number of carbonyl (C=O) groups is 1. The third-order valence-electron chi connectivity index (χ3n) is 7.07. The molecule has 0 spiro atoms. The van der Waals surface area contributed by atoms with E-state index in [9.17, 15) is 18.0 Å². The summed E-state index contributed by atoms with van der Waals surface area (Å²) in [5, 5.41) is 0. The lowest BCUT2D eigenvalue weighted by molar-refractivity contribution is -0.137. The molecule has 0 bridgehead atoms. The van der Waals surface area contributed by atoms with E-state index in [2.05, 4.69) is 19.6 Å². The summed E-state index contributed by atoms with van der Waals surface area (Å²) >= 11 is 0. The predicted molar refractivity (Wildman–Crippen MR) is 137 cm³/mol. The van der Waals surface area contributed by atoms with E-state index in [-0.39, 0.29) is 30.0 Å². The summed E-state index contributed by atoms with van der Waals surface area (Å²) in [5.41, 5.74) is 1.22. The first-order valence-electron chi connectivity index (χ1n) is 12.3. The summed E-state index contributed by atoms with van der Waals surface area (Å²) < 4.78 is 62.4. The Morgan fingerprint density at radius 1 is 1.16 bits per heavy atom. The van der Waals surface area contributed by atoms with Crippen LogP contribution in [0.1, 0.15) is 63.6 Å². The normalized spacial score (nSPS) is 21.5. The van der Waals surface area contributed by atoms with Crippen LogP contribution in [-0.2, 0) is 27.7 Å². The highest BCUT2D eigenvalue weighted by molar-refractivity contribution is 6.05. The van der Waals surface area contributed by atoms with Crippen molar-refractivity contribution in [1.29, 1.82) is 0 Å². The van der Waals surface area contributed by atoms with Gasteiger partial charge in [-0.3, -0.25) is 9.69 Å². The zero-order chi connectivity index (χ0) is 27.1. The maximum Gasteiger partial charge on any atom is 0.418 e. The predicted octanol–water partition coefficient (Wildman–Crippen LogP) is 8.52. The highest BCUT2D eigenvalue weighted by Gasteiger charge is 2.42. The molecule has 1 saturated carbocycles. The number of ether oxygens (including phenoxy) is 1. The maximum absolute atomic E-state index is 15.2. The fraction of sp³-hybridized carbons (Fsp3) is 0.367. The molecule has 7 heteroatoms. The van der Waals surface area contributed by atoms with E-state index >= 15 is 4.39 Å². The maximum atomic E-state index is 15.2. The number of carbonyl (C=O) groups excluding carboxylic acids is 1. The Bertz CT molecular complexity index is 1300. The molecule has 4 rings (SSSR count). The van der Waals surface area contributed by atoms with Crippen LogP contribution in [0, 0.1) is 11.7 Å². The van der Waals surface area contributed by atoms with Crippen LogP contribution < -0.4 is 4.90 Å². The third-order valence-corrected chi connectivity index (χ3v) is 7.07. The van der Waals surface area contributed by atoms with Crippen LogP contribution in [0.3, 0.4) is 0 Å². The van der Waals surface area contributed by atoms with Gasteiger partial charge in [0.15, 0.2) is 0 Å². The van der Waals surface area contributed by atoms with Gasteiger partial charge in [-0.15, -0.1) is 0 Å². The number of halogens is 4. The van der Waals surface area contributed by atoms with Gasteiger partial charge in [0.2, 0.25) is 5.91 Å². The van der Waals surface area contributed by atoms with Crippen LogP contribution in [0.15, 0.2) is 72.0 Å². The van der Waals surface area contributed by atoms with Crippen molar-refractivity contribution in [3.63, 3.8) is 0 Å². The van der Waals surface area contributed by atoms with Gasteiger partial charge >= 0.3 is 6.18 Å². The minimum absolute atomic E-state index is 0.0580. The second-order valence-electron chi connectivity index (χ2n) is 10.5. The van der Waals surface area contributed by atoms with Gasteiger partial charge in [0.25, 0.3) is 0 Å². The minimum atomic E-state index is -4.66. The summed E-state index contributed by atoms with van der Waals surface area (Å²) in [6.45, 7) is 11.5. The van der Waals surface area contributed by atoms with Gasteiger partial charge in [0, 0.05) is 17.4 Å². The minimum Gasteiger partial charge on any atom is -0.489 e. The number of benzene rings is 2. The third kappa shape index (κ3) is 5.36. The Balaban J connectivity index is 1.71. The standard InChI is InChI=1S/C30H31F4NO2/c1-6-20-11-18(2)12-21(20)13-19(3)37-17-22-14-27-24(15-25(22)31)29(4,5)16-28(36)35(27)26-10-8-7-9-23(26)30(32,33)34/h6-10,13-15,18H,3,11-12,16-17H2,1-2,4-5H3/b20-6-,21-13-. The van der Waals surface area contributed by atoms with E-state index in [1.165, 1.54) is 35.9 Å². The van der Waals surface area contributed by atoms with Crippen molar-refractivity contribution in [3.8, 4) is 0 Å². The van der Waals surface area contributed by atoms with Crippen LogP contribution in [0.25, 0.3) is 0 Å². The molecule has 0 aromatic heterocycles. The van der Waals surface area contributed by atoms with Crippen molar-refractivity contribution in [2.45, 2.75) is 65.2 Å². The number of anilines is 2. The van der Waals surface area contributed by atoms with Crippen molar-refractivity contribution < 1.29 is 27.1 Å². The number of fused-ring (bicyclic) bond motifs is 1. The summed E-state index contributed by atoms with van der Waals surface area (Å²) in [4.78, 5) is 14.3. The second kappa shape index (κ2) is 9.84. The smallest absolute Gasteiger partial charge is 0.418 e. The summed E-state index contributed by atoms with van der Waals surface area (Å²) in [6, 6.07) is 7.66. The zero-order valence-electron chi connectivity index (χ0n) is 21.5. The molecule has 0 N–H and O–H groups in total. The number of amides is 1. The van der Waals surface area contributed by atoms with Crippen LogP contribution in [0.5, 0.6) is 0 Å². The molecule has 1 unspecified atom stereocenters. The van der Waals surface area contributed by atoms with Crippen LogP contribution >= 0.6 is 0 Å². The van der Waals surface area contributed by atoms with Crippen molar-refractivity contribution in [2.24, 2.45) is 5.92 Å². The molecule has 3 nitrogen and oxygen atoms in total. The van der Waals surface area contributed by atoms with Crippen LogP contribution in [-0.4, -0.2) is 5.91 Å². The number of alkyl halides is 3. The van der Waals surface area contributed by atoms with E-state index in [0.717, 1.165) is 29.4 Å². The van der Waals surface area contributed by atoms with E-state index in [1.807, 2.05) is 13.0 Å². The van der Waals surface area contributed by atoms with Crippen molar-refractivity contribution in [1.82, 2.24) is 0 Å². The number of para-hydroxylation sites is 1. The molecule has 2 aromatic rings. The van der Waals surface area contributed by atoms with E-state index in [0.29, 0.717) is 17.2 Å². The summed E-state index contributed by atoms with van der Waals surface area (Å²) in [6.07, 6.45) is 1.09. The molecule has 1 fully saturated rings. The molecule has 0 saturated heterocycles. The number of hydrogen-bond donors (Lipinski definition) is 0. The molecule has 1 heterocycles. The Hall–Kier alpha value is -3.35. The number of hydrogen-bond acceptors (Lipinski definition) is 2. The average Bonchev–Trinajstić information content (AvgIpc) is 3.16. The Morgan fingerprint density at radius 2 is 1.84 bits per heavy atom. The molecule has 37 heavy (non-hydrogen) atoms. The van der Waals surface area contributed by atoms with E-state index in [1.54, 1.807) is 13.8 Å². The fourth-order valence-electron chi connectivity index (χ4n) is 5.25. The number of allylic oxidation sites excluding steroid dienone is 4. The van der Waals surface area contributed by atoms with Gasteiger partial charge in [-0.2, -0.15) is 13.2 Å². The molecule has 196 valence electrons. The molecule has 0 radical (unpaired) electrons. The largest absolute Gasteiger partial charge is 0.489 e. The van der Waals surface area contributed by atoms with Gasteiger partial charge in [-0.05, 0) is 72.7 Å². The monoisotopic (exact) mass is 513 g/mol. The Morgan fingerprint density at radius 3 is 2.51 bits per heavy atom. The average molecular weight is 514 g/mol. The van der Waals surface area contributed by atoms with Gasteiger partial charge in [0.05, 0.1) is 16.9 Å². The quantitative estimate of drug-likeness (QED) is 0.296. The Kier molecular flexibility index (Phi) is 7.10. The molecule has 1 aliphatic heterocycles. The zero-order valence-corrected chi connectivity index (χ0v) is 21.5. The lowest BCUT2D eigenvalue weighted by Gasteiger charge is -2.39. The first-order valence-corrected chi connectivity index (χ1v) is 12.3. The summed E-state index contributed by atoms with van der Waals surface area (Å²) in [5.74, 6) is -0.142. The summed E-state index contributed by atoms with van der Waals surface area (Å²) in [7, 11) is 0. The van der Waals surface area contributed by atoms with Crippen LogP contribution in [0.4, 0.5) is 28.9 Å². The highest BCUT2D eigenvalue weighted by Crippen LogP contribution is 2.47. The van der Waals surface area contributed by atoms with Crippen molar-refractivity contribution in [3.05, 3.63) is 94.5 Å². The second-order valence-corrected chi connectivity index (χ2v) is 10.5. The van der Waals surface area contributed by atoms with E-state index < -0.39 is 28.9 Å². The lowest BCUT2D eigenvalue weighted by Crippen LogP contribution is -2.40. The number of nitrogens with zero attached hydrogens (tertiary/aromatic N) is 1. The lowest BCUT2D eigenvalue weighted by atomic mass is 9.76. The topological polar surface area (TPSA) is 29.5 Å². The SMILES string of the molecule is C=C(/C=C1/CC(C)C/C1=C/C)OCc1cc2c(cc1F)C(C)(C)CC(=O)N2c1ccccc1C(F)(F)F. The molecule has 1 atom stereocenters. The first-order chi connectivity index (χ1) is 17.3. The highest BCUT2D eigenvalue weighted by atomic mass is 19.4. The van der Waals surface area contributed by atoms with Gasteiger partial charge < -0.3 is 4.74 Å². The molecular weight excluding hydrogens is 482 g/mol. The van der Waals surface area contributed by atoms with Crippen molar-refractivity contribution >= 4 is 17.3 Å². The fourth-order valence-corrected chi connectivity index (χ4v) is 5.25. The molecular formula is C30H31F4NO2. The molecule has 2 aromatic carbocycles.